The van der Waals surface area contributed by atoms with Gasteiger partial charge < -0.3 is 20.2 Å². The summed E-state index contributed by atoms with van der Waals surface area (Å²) < 4.78 is 17.2. The number of aromatic nitrogens is 3. The van der Waals surface area contributed by atoms with E-state index in [1.165, 1.54) is 16.8 Å². The smallest absolute Gasteiger partial charge is 0.263 e. The number of halogens is 1. The standard InChI is InChI=1S/C18H15FN4O4/c19-12-7-9(6-10(15(12)25)16(20)26)11-8-22(4-5-24)17-14(11)18(27)23-3-1-2-13(23)21-17/h5-8,25H,1-4H2,(H2,20,26). The van der Waals surface area contributed by atoms with Gasteiger partial charge in [-0.2, -0.15) is 0 Å². The van der Waals surface area contributed by atoms with Crippen LogP contribution in [-0.2, 0) is 24.3 Å². The maximum Gasteiger partial charge on any atom is 0.263 e. The van der Waals surface area contributed by atoms with Crippen molar-refractivity contribution >= 4 is 23.2 Å². The number of amides is 1. The van der Waals surface area contributed by atoms with Gasteiger partial charge in [0.15, 0.2) is 11.6 Å². The Balaban J connectivity index is 2.07. The molecule has 0 saturated carbocycles. The Morgan fingerprint density at radius 1 is 1.41 bits per heavy atom. The molecule has 9 heteroatoms. The van der Waals surface area contributed by atoms with Crippen molar-refractivity contribution in [3.63, 3.8) is 0 Å². The van der Waals surface area contributed by atoms with Gasteiger partial charge in [0.1, 0.15) is 17.8 Å². The Morgan fingerprint density at radius 2 is 2.19 bits per heavy atom. The van der Waals surface area contributed by atoms with Gasteiger partial charge in [-0.15, -0.1) is 0 Å². The first-order valence-corrected chi connectivity index (χ1v) is 8.31. The van der Waals surface area contributed by atoms with Gasteiger partial charge in [-0.25, -0.2) is 9.37 Å². The number of carbonyl (C=O) groups is 2. The van der Waals surface area contributed by atoms with Crippen molar-refractivity contribution in [1.29, 1.82) is 0 Å². The lowest BCUT2D eigenvalue weighted by Crippen LogP contribution is -2.21. The molecule has 27 heavy (non-hydrogen) atoms. The zero-order valence-corrected chi connectivity index (χ0v) is 14.1. The van der Waals surface area contributed by atoms with E-state index in [1.54, 1.807) is 4.57 Å². The highest BCUT2D eigenvalue weighted by Gasteiger charge is 2.23. The molecule has 8 nitrogen and oxygen atoms in total. The van der Waals surface area contributed by atoms with Crippen LogP contribution in [0.2, 0.25) is 0 Å². The molecule has 1 aliphatic rings. The first-order chi connectivity index (χ1) is 12.9. The number of nitrogens with zero attached hydrogens (tertiary/aromatic N) is 3. The molecule has 3 aromatic rings. The molecular weight excluding hydrogens is 355 g/mol. The summed E-state index contributed by atoms with van der Waals surface area (Å²) in [7, 11) is 0. The summed E-state index contributed by atoms with van der Waals surface area (Å²) in [6, 6.07) is 2.23. The minimum absolute atomic E-state index is 0.0321. The molecule has 0 aliphatic carbocycles. The number of phenols is 1. The molecule has 138 valence electrons. The zero-order chi connectivity index (χ0) is 19.3. The fourth-order valence-corrected chi connectivity index (χ4v) is 3.51. The third kappa shape index (κ3) is 2.50. The Hall–Kier alpha value is -3.49. The van der Waals surface area contributed by atoms with Crippen LogP contribution < -0.4 is 11.3 Å². The van der Waals surface area contributed by atoms with Crippen molar-refractivity contribution < 1.29 is 19.1 Å². The second kappa shape index (κ2) is 6.04. The van der Waals surface area contributed by atoms with Gasteiger partial charge in [0.25, 0.3) is 11.5 Å². The molecule has 0 atom stereocenters. The van der Waals surface area contributed by atoms with E-state index in [0.29, 0.717) is 36.3 Å². The summed E-state index contributed by atoms with van der Waals surface area (Å²) in [5.74, 6) is -2.25. The van der Waals surface area contributed by atoms with E-state index in [0.717, 1.165) is 12.5 Å². The highest BCUT2D eigenvalue weighted by molar-refractivity contribution is 5.99. The quantitative estimate of drug-likeness (QED) is 0.663. The summed E-state index contributed by atoms with van der Waals surface area (Å²) in [6.07, 6.45) is 3.63. The fourth-order valence-electron chi connectivity index (χ4n) is 3.51. The molecule has 3 N–H and O–H groups in total. The fraction of sp³-hybridized carbons (Fsp3) is 0.222. The van der Waals surface area contributed by atoms with E-state index >= 15 is 0 Å². The zero-order valence-electron chi connectivity index (χ0n) is 14.1. The molecule has 1 aromatic carbocycles. The monoisotopic (exact) mass is 370 g/mol. The van der Waals surface area contributed by atoms with Crippen LogP contribution in [0.4, 0.5) is 4.39 Å². The average Bonchev–Trinajstić information content (AvgIpc) is 3.23. The number of benzene rings is 1. The van der Waals surface area contributed by atoms with E-state index in [-0.39, 0.29) is 23.1 Å². The molecule has 1 aliphatic heterocycles. The molecule has 4 rings (SSSR count). The van der Waals surface area contributed by atoms with Crippen LogP contribution in [-0.4, -0.2) is 31.4 Å². The molecule has 0 radical (unpaired) electrons. The van der Waals surface area contributed by atoms with E-state index in [2.05, 4.69) is 4.98 Å². The number of carbonyl (C=O) groups excluding carboxylic acids is 2. The van der Waals surface area contributed by atoms with Crippen LogP contribution >= 0.6 is 0 Å². The van der Waals surface area contributed by atoms with Gasteiger partial charge in [-0.05, 0) is 24.1 Å². The van der Waals surface area contributed by atoms with E-state index in [4.69, 9.17) is 5.73 Å². The van der Waals surface area contributed by atoms with Crippen molar-refractivity contribution in [3.8, 4) is 16.9 Å². The highest BCUT2D eigenvalue weighted by Crippen LogP contribution is 2.33. The third-order valence-electron chi connectivity index (χ3n) is 4.75. The first-order valence-electron chi connectivity index (χ1n) is 8.31. The lowest BCUT2D eigenvalue weighted by atomic mass is 10.0. The number of hydrogen-bond acceptors (Lipinski definition) is 5. The lowest BCUT2D eigenvalue weighted by molar-refractivity contribution is -0.108. The van der Waals surface area contributed by atoms with E-state index < -0.39 is 23.0 Å². The number of aldehydes is 1. The van der Waals surface area contributed by atoms with Gasteiger partial charge in [0, 0.05) is 24.7 Å². The van der Waals surface area contributed by atoms with Crippen molar-refractivity contribution in [1.82, 2.24) is 14.1 Å². The molecule has 1 amide bonds. The molecular formula is C18H15FN4O4. The van der Waals surface area contributed by atoms with Crippen LogP contribution in [0, 0.1) is 5.82 Å². The summed E-state index contributed by atoms with van der Waals surface area (Å²) in [4.78, 5) is 40.1. The number of hydrogen-bond donors (Lipinski definition) is 2. The summed E-state index contributed by atoms with van der Waals surface area (Å²) in [6.45, 7) is 0.502. The number of rotatable bonds is 4. The van der Waals surface area contributed by atoms with E-state index in [9.17, 15) is 23.9 Å². The predicted molar refractivity (Wildman–Crippen MR) is 94.0 cm³/mol. The van der Waals surface area contributed by atoms with Gasteiger partial charge >= 0.3 is 0 Å². The molecule has 0 fully saturated rings. The topological polar surface area (TPSA) is 120 Å². The van der Waals surface area contributed by atoms with Crippen LogP contribution in [0.25, 0.3) is 22.2 Å². The maximum atomic E-state index is 14.1. The van der Waals surface area contributed by atoms with Crippen LogP contribution in [0.3, 0.4) is 0 Å². The SMILES string of the molecule is NC(=O)c1cc(-c2cn(CC=O)c3nc4n(c(=O)c23)CCC4)cc(F)c1O. The number of aryl methyl sites for hydroxylation is 1. The van der Waals surface area contributed by atoms with Crippen LogP contribution in [0.1, 0.15) is 22.6 Å². The average molecular weight is 370 g/mol. The second-order valence-electron chi connectivity index (χ2n) is 6.37. The molecule has 0 saturated heterocycles. The van der Waals surface area contributed by atoms with Gasteiger partial charge in [-0.3, -0.25) is 14.2 Å². The number of fused-ring (bicyclic) bond motifs is 2. The summed E-state index contributed by atoms with van der Waals surface area (Å²) >= 11 is 0. The molecule has 0 unspecified atom stereocenters. The van der Waals surface area contributed by atoms with Crippen molar-refractivity contribution in [2.24, 2.45) is 5.73 Å². The molecule has 3 heterocycles. The minimum atomic E-state index is -1.04. The molecule has 2 aromatic heterocycles. The van der Waals surface area contributed by atoms with Gasteiger partial charge in [-0.1, -0.05) is 0 Å². The highest BCUT2D eigenvalue weighted by atomic mass is 19.1. The maximum absolute atomic E-state index is 14.1. The van der Waals surface area contributed by atoms with Crippen molar-refractivity contribution in [2.45, 2.75) is 25.9 Å². The number of primary amides is 1. The summed E-state index contributed by atoms with van der Waals surface area (Å²) in [5.41, 5.74) is 5.34. The number of nitrogens with two attached hydrogens (primary N) is 1. The second-order valence-corrected chi connectivity index (χ2v) is 6.37. The molecule has 0 spiro atoms. The van der Waals surface area contributed by atoms with Crippen molar-refractivity contribution in [3.05, 3.63) is 45.9 Å². The third-order valence-corrected chi connectivity index (χ3v) is 4.75. The lowest BCUT2D eigenvalue weighted by Gasteiger charge is -2.07. The Kier molecular flexibility index (Phi) is 3.79. The number of aromatic hydroxyl groups is 1. The van der Waals surface area contributed by atoms with Gasteiger partial charge in [0.2, 0.25) is 0 Å². The first kappa shape index (κ1) is 17.0. The molecule has 0 bridgehead atoms. The predicted octanol–water partition coefficient (Wildman–Crippen LogP) is 0.954. The largest absolute Gasteiger partial charge is 0.504 e. The van der Waals surface area contributed by atoms with Gasteiger partial charge in [0.05, 0.1) is 17.5 Å². The summed E-state index contributed by atoms with van der Waals surface area (Å²) in [5, 5.41) is 9.94. The minimum Gasteiger partial charge on any atom is -0.504 e. The Labute approximate surface area is 151 Å². The van der Waals surface area contributed by atoms with Crippen LogP contribution in [0.15, 0.2) is 23.1 Å². The van der Waals surface area contributed by atoms with Crippen molar-refractivity contribution in [2.75, 3.05) is 0 Å². The van der Waals surface area contributed by atoms with E-state index in [1.807, 2.05) is 0 Å². The Bertz CT molecular complexity index is 1180. The Morgan fingerprint density at radius 3 is 2.89 bits per heavy atom. The van der Waals surface area contributed by atoms with Crippen LogP contribution in [0.5, 0.6) is 5.75 Å². The normalized spacial score (nSPS) is 13.1.